The molecule has 0 aliphatic carbocycles. The van der Waals surface area contributed by atoms with Crippen LogP contribution in [0.2, 0.25) is 0 Å². The first-order valence-electron chi connectivity index (χ1n) is 8.42. The summed E-state index contributed by atoms with van der Waals surface area (Å²) in [5, 5.41) is 6.00. The van der Waals surface area contributed by atoms with E-state index >= 15 is 0 Å². The molecule has 0 spiro atoms. The summed E-state index contributed by atoms with van der Waals surface area (Å²) in [6.07, 6.45) is 0. The van der Waals surface area contributed by atoms with E-state index in [1.807, 2.05) is 32.2 Å². The van der Waals surface area contributed by atoms with E-state index in [1.54, 1.807) is 37.3 Å². The SMILES string of the molecule is CCS(=O)(=O)c1ccc(Sc2ccccc2C(=O)NCC(C)NC)cc1. The van der Waals surface area contributed by atoms with Crippen molar-refractivity contribution >= 4 is 27.5 Å². The molecule has 7 heteroatoms. The molecular weight excluding hydrogens is 368 g/mol. The first-order valence-corrected chi connectivity index (χ1v) is 10.9. The predicted octanol–water partition coefficient (Wildman–Crippen LogP) is 2.97. The molecule has 2 aromatic rings. The number of amides is 1. The van der Waals surface area contributed by atoms with Crippen LogP contribution < -0.4 is 10.6 Å². The van der Waals surface area contributed by atoms with Crippen molar-refractivity contribution in [3.8, 4) is 0 Å². The second-order valence-electron chi connectivity index (χ2n) is 5.87. The van der Waals surface area contributed by atoms with Gasteiger partial charge in [-0.1, -0.05) is 30.8 Å². The average molecular weight is 393 g/mol. The van der Waals surface area contributed by atoms with Gasteiger partial charge in [-0.05, 0) is 50.4 Å². The zero-order valence-electron chi connectivity index (χ0n) is 15.2. The molecule has 0 saturated carbocycles. The fraction of sp³-hybridized carbons (Fsp3) is 0.316. The number of likely N-dealkylation sites (N-methyl/N-ethyl adjacent to an activating group) is 1. The topological polar surface area (TPSA) is 75.3 Å². The molecule has 2 aromatic carbocycles. The number of hydrogen-bond acceptors (Lipinski definition) is 5. The zero-order chi connectivity index (χ0) is 19.2. The highest BCUT2D eigenvalue weighted by atomic mass is 32.2. The number of carbonyl (C=O) groups excluding carboxylic acids is 1. The molecule has 0 radical (unpaired) electrons. The fourth-order valence-electron chi connectivity index (χ4n) is 2.19. The molecule has 0 heterocycles. The van der Waals surface area contributed by atoms with E-state index in [2.05, 4.69) is 10.6 Å². The molecule has 140 valence electrons. The predicted molar refractivity (Wildman–Crippen MR) is 106 cm³/mol. The molecule has 5 nitrogen and oxygen atoms in total. The maximum atomic E-state index is 12.5. The van der Waals surface area contributed by atoms with Crippen molar-refractivity contribution in [1.29, 1.82) is 0 Å². The summed E-state index contributed by atoms with van der Waals surface area (Å²) in [7, 11) is -1.36. The van der Waals surface area contributed by atoms with Gasteiger partial charge in [-0.2, -0.15) is 0 Å². The van der Waals surface area contributed by atoms with E-state index in [0.717, 1.165) is 9.79 Å². The van der Waals surface area contributed by atoms with Crippen molar-refractivity contribution in [2.45, 2.75) is 34.6 Å². The molecule has 0 bridgehead atoms. The van der Waals surface area contributed by atoms with Crippen molar-refractivity contribution < 1.29 is 13.2 Å². The van der Waals surface area contributed by atoms with E-state index < -0.39 is 9.84 Å². The van der Waals surface area contributed by atoms with Gasteiger partial charge in [-0.3, -0.25) is 4.79 Å². The number of rotatable bonds is 8. The van der Waals surface area contributed by atoms with Crippen LogP contribution in [0, 0.1) is 0 Å². The lowest BCUT2D eigenvalue weighted by atomic mass is 10.2. The Hall–Kier alpha value is -1.83. The summed E-state index contributed by atoms with van der Waals surface area (Å²) in [5.41, 5.74) is 0.603. The molecule has 0 saturated heterocycles. The summed E-state index contributed by atoms with van der Waals surface area (Å²) in [6, 6.07) is 14.3. The number of hydrogen-bond donors (Lipinski definition) is 2. The van der Waals surface area contributed by atoms with Gasteiger partial charge in [0.15, 0.2) is 9.84 Å². The van der Waals surface area contributed by atoms with Crippen LogP contribution in [0.4, 0.5) is 0 Å². The van der Waals surface area contributed by atoms with Crippen molar-refractivity contribution in [2.24, 2.45) is 0 Å². The molecule has 1 atom stereocenters. The van der Waals surface area contributed by atoms with Crippen molar-refractivity contribution in [3.05, 3.63) is 54.1 Å². The molecule has 1 amide bonds. The highest BCUT2D eigenvalue weighted by Gasteiger charge is 2.14. The molecular formula is C19H24N2O3S2. The van der Waals surface area contributed by atoms with Crippen LogP contribution in [0.25, 0.3) is 0 Å². The second-order valence-corrected chi connectivity index (χ2v) is 9.27. The van der Waals surface area contributed by atoms with Crippen molar-refractivity contribution in [1.82, 2.24) is 10.6 Å². The standard InChI is InChI=1S/C19H24N2O3S2/c1-4-26(23,24)16-11-9-15(10-12-16)25-18-8-6-5-7-17(18)19(22)21-13-14(2)20-3/h5-12,14,20H,4,13H2,1-3H3,(H,21,22). The van der Waals surface area contributed by atoms with E-state index in [1.165, 1.54) is 11.8 Å². The lowest BCUT2D eigenvalue weighted by Gasteiger charge is -2.13. The van der Waals surface area contributed by atoms with Crippen molar-refractivity contribution in [3.63, 3.8) is 0 Å². The van der Waals surface area contributed by atoms with Gasteiger partial charge in [-0.25, -0.2) is 8.42 Å². The minimum absolute atomic E-state index is 0.0769. The third-order valence-electron chi connectivity index (χ3n) is 3.98. The molecule has 0 aliphatic heterocycles. The Morgan fingerprint density at radius 2 is 1.77 bits per heavy atom. The number of sulfone groups is 1. The molecule has 0 aliphatic rings. The highest BCUT2D eigenvalue weighted by Crippen LogP contribution is 2.31. The monoisotopic (exact) mass is 392 g/mol. The van der Waals surface area contributed by atoms with Gasteiger partial charge >= 0.3 is 0 Å². The first-order chi connectivity index (χ1) is 12.4. The number of nitrogens with one attached hydrogen (secondary N) is 2. The Balaban J connectivity index is 2.16. The zero-order valence-corrected chi connectivity index (χ0v) is 16.8. The Morgan fingerprint density at radius 1 is 1.12 bits per heavy atom. The molecule has 2 N–H and O–H groups in total. The van der Waals surface area contributed by atoms with Gasteiger partial charge < -0.3 is 10.6 Å². The Labute approximate surface area is 159 Å². The second kappa shape index (κ2) is 9.21. The Morgan fingerprint density at radius 3 is 2.38 bits per heavy atom. The fourth-order valence-corrected chi connectivity index (χ4v) is 4.02. The molecule has 26 heavy (non-hydrogen) atoms. The van der Waals surface area contributed by atoms with Gasteiger partial charge in [0, 0.05) is 22.4 Å². The Bertz CT molecular complexity index is 849. The lowest BCUT2D eigenvalue weighted by Crippen LogP contribution is -2.37. The third-order valence-corrected chi connectivity index (χ3v) is 6.82. The van der Waals surface area contributed by atoms with Crippen LogP contribution in [0.15, 0.2) is 63.2 Å². The third kappa shape index (κ3) is 5.33. The maximum Gasteiger partial charge on any atom is 0.252 e. The molecule has 1 unspecified atom stereocenters. The highest BCUT2D eigenvalue weighted by molar-refractivity contribution is 7.99. The summed E-state index contributed by atoms with van der Waals surface area (Å²) in [5.74, 6) is -0.0477. The smallest absolute Gasteiger partial charge is 0.252 e. The normalized spacial score (nSPS) is 12.6. The van der Waals surface area contributed by atoms with Crippen LogP contribution in [0.3, 0.4) is 0 Å². The first kappa shape index (κ1) is 20.5. The van der Waals surface area contributed by atoms with E-state index in [9.17, 15) is 13.2 Å². The van der Waals surface area contributed by atoms with Crippen LogP contribution in [0.5, 0.6) is 0 Å². The van der Waals surface area contributed by atoms with Gasteiger partial charge in [0.1, 0.15) is 0 Å². The van der Waals surface area contributed by atoms with Crippen LogP contribution in [0.1, 0.15) is 24.2 Å². The maximum absolute atomic E-state index is 12.5. The minimum Gasteiger partial charge on any atom is -0.350 e. The number of benzene rings is 2. The van der Waals surface area contributed by atoms with Gasteiger partial charge in [0.05, 0.1) is 16.2 Å². The van der Waals surface area contributed by atoms with Gasteiger partial charge in [-0.15, -0.1) is 0 Å². The molecule has 2 rings (SSSR count). The summed E-state index contributed by atoms with van der Waals surface area (Å²) in [4.78, 5) is 14.5. The van der Waals surface area contributed by atoms with Crippen LogP contribution in [-0.2, 0) is 9.84 Å². The van der Waals surface area contributed by atoms with E-state index in [-0.39, 0.29) is 17.7 Å². The quantitative estimate of drug-likeness (QED) is 0.722. The van der Waals surface area contributed by atoms with Crippen LogP contribution in [-0.4, -0.2) is 39.7 Å². The average Bonchev–Trinajstić information content (AvgIpc) is 2.66. The molecule has 0 fully saturated rings. The van der Waals surface area contributed by atoms with E-state index in [4.69, 9.17) is 0 Å². The Kier molecular flexibility index (Phi) is 7.25. The van der Waals surface area contributed by atoms with Crippen molar-refractivity contribution in [2.75, 3.05) is 19.3 Å². The largest absolute Gasteiger partial charge is 0.350 e. The lowest BCUT2D eigenvalue weighted by molar-refractivity contribution is 0.0947. The summed E-state index contributed by atoms with van der Waals surface area (Å²) in [6.45, 7) is 4.16. The van der Waals surface area contributed by atoms with Gasteiger partial charge in [0.25, 0.3) is 5.91 Å². The van der Waals surface area contributed by atoms with Gasteiger partial charge in [0.2, 0.25) is 0 Å². The summed E-state index contributed by atoms with van der Waals surface area (Å²) < 4.78 is 23.8. The number of carbonyl (C=O) groups is 1. The van der Waals surface area contributed by atoms with E-state index in [0.29, 0.717) is 17.0 Å². The summed E-state index contributed by atoms with van der Waals surface area (Å²) >= 11 is 1.44. The van der Waals surface area contributed by atoms with Crippen LogP contribution >= 0.6 is 11.8 Å². The molecule has 0 aromatic heterocycles. The minimum atomic E-state index is -3.21.